The molecule has 0 aromatic rings. The summed E-state index contributed by atoms with van der Waals surface area (Å²) in [6.07, 6.45) is 1.12. The number of β-amino-alcohol motifs (C(OH)–C–C–N with tert-alkyl or cyclic N) is 1. The van der Waals surface area contributed by atoms with E-state index in [4.69, 9.17) is 0 Å². The van der Waals surface area contributed by atoms with E-state index in [1.165, 1.54) is 0 Å². The van der Waals surface area contributed by atoms with Crippen LogP contribution in [0.15, 0.2) is 0 Å². The van der Waals surface area contributed by atoms with Crippen LogP contribution in [0.5, 0.6) is 0 Å². The van der Waals surface area contributed by atoms with Crippen molar-refractivity contribution < 1.29 is 5.11 Å². The van der Waals surface area contributed by atoms with E-state index in [1.54, 1.807) is 0 Å². The SMILES string of the molecule is CC(C)CC(C)C1(O)CNC1. The van der Waals surface area contributed by atoms with Crippen molar-refractivity contribution in [2.24, 2.45) is 11.8 Å². The first-order valence-corrected chi connectivity index (χ1v) is 4.48. The monoisotopic (exact) mass is 157 g/mol. The Kier molecular flexibility index (Phi) is 2.55. The lowest BCUT2D eigenvalue weighted by Crippen LogP contribution is -2.63. The smallest absolute Gasteiger partial charge is 0.0920 e. The molecule has 0 aliphatic carbocycles. The van der Waals surface area contributed by atoms with E-state index in [9.17, 15) is 5.11 Å². The first-order valence-electron chi connectivity index (χ1n) is 4.48. The van der Waals surface area contributed by atoms with Crippen LogP contribution in [-0.4, -0.2) is 23.8 Å². The molecular formula is C9H19NO. The van der Waals surface area contributed by atoms with Gasteiger partial charge in [0.15, 0.2) is 0 Å². The van der Waals surface area contributed by atoms with Crippen LogP contribution >= 0.6 is 0 Å². The molecule has 2 nitrogen and oxygen atoms in total. The Hall–Kier alpha value is -0.0800. The van der Waals surface area contributed by atoms with Gasteiger partial charge in [-0.3, -0.25) is 0 Å². The molecule has 0 amide bonds. The predicted molar refractivity (Wildman–Crippen MR) is 46.4 cm³/mol. The minimum atomic E-state index is -0.399. The number of hydrogen-bond donors (Lipinski definition) is 2. The predicted octanol–water partition coefficient (Wildman–Crippen LogP) is 1.00. The second-order valence-corrected chi connectivity index (χ2v) is 4.24. The number of rotatable bonds is 3. The van der Waals surface area contributed by atoms with Gasteiger partial charge in [0.1, 0.15) is 0 Å². The van der Waals surface area contributed by atoms with Gasteiger partial charge in [-0.25, -0.2) is 0 Å². The van der Waals surface area contributed by atoms with Crippen LogP contribution in [0, 0.1) is 11.8 Å². The first kappa shape index (κ1) is 9.01. The lowest BCUT2D eigenvalue weighted by Gasteiger charge is -2.43. The fourth-order valence-electron chi connectivity index (χ4n) is 1.66. The molecule has 2 heteroatoms. The van der Waals surface area contributed by atoms with Gasteiger partial charge in [-0.1, -0.05) is 20.8 Å². The standard InChI is InChI=1S/C9H19NO/c1-7(2)4-8(3)9(11)5-10-6-9/h7-8,10-11H,4-6H2,1-3H3. The molecule has 1 aliphatic heterocycles. The van der Waals surface area contributed by atoms with Crippen molar-refractivity contribution in [3.8, 4) is 0 Å². The van der Waals surface area contributed by atoms with Gasteiger partial charge in [0.05, 0.1) is 5.60 Å². The zero-order valence-corrected chi connectivity index (χ0v) is 7.72. The second kappa shape index (κ2) is 3.11. The van der Waals surface area contributed by atoms with Gasteiger partial charge in [0, 0.05) is 13.1 Å². The van der Waals surface area contributed by atoms with Crippen molar-refractivity contribution >= 4 is 0 Å². The zero-order valence-electron chi connectivity index (χ0n) is 7.72. The average molecular weight is 157 g/mol. The van der Waals surface area contributed by atoms with Crippen molar-refractivity contribution in [1.82, 2.24) is 5.32 Å². The Morgan fingerprint density at radius 3 is 2.18 bits per heavy atom. The molecule has 1 rings (SSSR count). The molecule has 66 valence electrons. The summed E-state index contributed by atoms with van der Waals surface area (Å²) in [5.74, 6) is 1.12. The van der Waals surface area contributed by atoms with E-state index in [0.29, 0.717) is 11.8 Å². The summed E-state index contributed by atoms with van der Waals surface area (Å²) in [6, 6.07) is 0. The zero-order chi connectivity index (χ0) is 8.48. The maximum Gasteiger partial charge on any atom is 0.0920 e. The summed E-state index contributed by atoms with van der Waals surface area (Å²) in [4.78, 5) is 0. The molecule has 0 bridgehead atoms. The van der Waals surface area contributed by atoms with Crippen molar-refractivity contribution in [3.63, 3.8) is 0 Å². The molecule has 1 fully saturated rings. The highest BCUT2D eigenvalue weighted by Gasteiger charge is 2.39. The Morgan fingerprint density at radius 1 is 1.36 bits per heavy atom. The van der Waals surface area contributed by atoms with Crippen LogP contribution in [0.3, 0.4) is 0 Å². The molecule has 0 aromatic heterocycles. The molecule has 1 unspecified atom stereocenters. The van der Waals surface area contributed by atoms with Gasteiger partial charge in [0.2, 0.25) is 0 Å². The lowest BCUT2D eigenvalue weighted by molar-refractivity contribution is -0.0614. The van der Waals surface area contributed by atoms with Gasteiger partial charge in [-0.2, -0.15) is 0 Å². The van der Waals surface area contributed by atoms with Crippen molar-refractivity contribution in [2.45, 2.75) is 32.8 Å². The van der Waals surface area contributed by atoms with E-state index in [2.05, 4.69) is 26.1 Å². The van der Waals surface area contributed by atoms with Gasteiger partial charge < -0.3 is 10.4 Å². The third-order valence-electron chi connectivity index (χ3n) is 2.60. The molecule has 1 atom stereocenters. The van der Waals surface area contributed by atoms with Crippen LogP contribution in [0.25, 0.3) is 0 Å². The Bertz CT molecular complexity index is 130. The summed E-state index contributed by atoms with van der Waals surface area (Å²) in [6.45, 7) is 8.10. The number of hydrogen-bond acceptors (Lipinski definition) is 2. The molecule has 0 saturated carbocycles. The summed E-state index contributed by atoms with van der Waals surface area (Å²) < 4.78 is 0. The summed E-state index contributed by atoms with van der Waals surface area (Å²) in [5, 5.41) is 13.0. The van der Waals surface area contributed by atoms with Crippen LogP contribution < -0.4 is 5.32 Å². The maximum atomic E-state index is 9.86. The number of aliphatic hydroxyl groups is 1. The van der Waals surface area contributed by atoms with Crippen molar-refractivity contribution in [1.29, 1.82) is 0 Å². The van der Waals surface area contributed by atoms with E-state index in [-0.39, 0.29) is 0 Å². The minimum absolute atomic E-state index is 0.399. The second-order valence-electron chi connectivity index (χ2n) is 4.24. The molecule has 0 radical (unpaired) electrons. The molecule has 0 aromatic carbocycles. The third kappa shape index (κ3) is 1.94. The Morgan fingerprint density at radius 2 is 1.91 bits per heavy atom. The van der Waals surface area contributed by atoms with Gasteiger partial charge >= 0.3 is 0 Å². The van der Waals surface area contributed by atoms with Crippen LogP contribution in [0.4, 0.5) is 0 Å². The Labute approximate surface area is 69.0 Å². The quantitative estimate of drug-likeness (QED) is 0.640. The Balaban J connectivity index is 2.34. The molecule has 2 N–H and O–H groups in total. The van der Waals surface area contributed by atoms with E-state index in [1.807, 2.05) is 0 Å². The molecule has 1 saturated heterocycles. The van der Waals surface area contributed by atoms with Crippen LogP contribution in [-0.2, 0) is 0 Å². The summed E-state index contributed by atoms with van der Waals surface area (Å²) in [7, 11) is 0. The van der Waals surface area contributed by atoms with Crippen LogP contribution in [0.2, 0.25) is 0 Å². The fourth-order valence-corrected chi connectivity index (χ4v) is 1.66. The average Bonchev–Trinajstić information content (AvgIpc) is 1.81. The lowest BCUT2D eigenvalue weighted by atomic mass is 9.79. The van der Waals surface area contributed by atoms with Gasteiger partial charge in [0.25, 0.3) is 0 Å². The molecule has 1 heterocycles. The normalized spacial score (nSPS) is 24.8. The highest BCUT2D eigenvalue weighted by molar-refractivity contribution is 4.96. The topological polar surface area (TPSA) is 32.3 Å². The largest absolute Gasteiger partial charge is 0.387 e. The molecule has 11 heavy (non-hydrogen) atoms. The number of nitrogens with one attached hydrogen (secondary N) is 1. The van der Waals surface area contributed by atoms with Crippen molar-refractivity contribution in [2.75, 3.05) is 13.1 Å². The molecule has 0 spiro atoms. The summed E-state index contributed by atoms with van der Waals surface area (Å²) >= 11 is 0. The highest BCUT2D eigenvalue weighted by atomic mass is 16.3. The van der Waals surface area contributed by atoms with E-state index >= 15 is 0 Å². The van der Waals surface area contributed by atoms with Crippen molar-refractivity contribution in [3.05, 3.63) is 0 Å². The maximum absolute atomic E-state index is 9.86. The third-order valence-corrected chi connectivity index (χ3v) is 2.60. The van der Waals surface area contributed by atoms with E-state index < -0.39 is 5.60 Å². The molecular weight excluding hydrogens is 138 g/mol. The molecule has 1 aliphatic rings. The van der Waals surface area contributed by atoms with Gasteiger partial charge in [-0.05, 0) is 18.3 Å². The van der Waals surface area contributed by atoms with Gasteiger partial charge in [-0.15, -0.1) is 0 Å². The summed E-state index contributed by atoms with van der Waals surface area (Å²) in [5.41, 5.74) is -0.399. The first-order chi connectivity index (χ1) is 5.04. The minimum Gasteiger partial charge on any atom is -0.387 e. The van der Waals surface area contributed by atoms with E-state index in [0.717, 1.165) is 19.5 Å². The fraction of sp³-hybridized carbons (Fsp3) is 1.00. The van der Waals surface area contributed by atoms with Crippen LogP contribution in [0.1, 0.15) is 27.2 Å². The highest BCUT2D eigenvalue weighted by Crippen LogP contribution is 2.27.